The highest BCUT2D eigenvalue weighted by molar-refractivity contribution is 9.10. The van der Waals surface area contributed by atoms with E-state index in [1.54, 1.807) is 19.1 Å². The minimum absolute atomic E-state index is 0.201. The lowest BCUT2D eigenvalue weighted by molar-refractivity contribution is 0.211. The van der Waals surface area contributed by atoms with E-state index in [1.807, 2.05) is 24.3 Å². The van der Waals surface area contributed by atoms with Crippen molar-refractivity contribution >= 4 is 15.9 Å². The number of rotatable bonds is 6. The Bertz CT molecular complexity index is 605. The second-order valence-corrected chi connectivity index (χ2v) is 5.55. The molecule has 0 aliphatic carbocycles. The molecule has 0 saturated heterocycles. The largest absolute Gasteiger partial charge is 0.490 e. The quantitative estimate of drug-likeness (QED) is 0.796. The summed E-state index contributed by atoms with van der Waals surface area (Å²) in [6, 6.07) is 12.1. The van der Waals surface area contributed by atoms with Gasteiger partial charge in [0, 0.05) is 10.5 Å². The van der Waals surface area contributed by atoms with Crippen LogP contribution in [-0.4, -0.2) is 13.2 Å². The van der Waals surface area contributed by atoms with E-state index in [0.717, 1.165) is 15.8 Å². The molecule has 2 rings (SSSR count). The third kappa shape index (κ3) is 4.72. The number of benzene rings is 2. The zero-order valence-electron chi connectivity index (χ0n) is 11.7. The number of hydrogen-bond acceptors (Lipinski definition) is 3. The maximum absolute atomic E-state index is 13.8. The molecule has 0 aliphatic rings. The predicted octanol–water partition coefficient (Wildman–Crippen LogP) is 4.07. The first-order valence-corrected chi connectivity index (χ1v) is 7.42. The number of halogens is 2. The molecule has 0 radical (unpaired) electrons. The lowest BCUT2D eigenvalue weighted by Crippen LogP contribution is -2.10. The van der Waals surface area contributed by atoms with Crippen LogP contribution >= 0.6 is 15.9 Å². The minimum Gasteiger partial charge on any atom is -0.490 e. The molecule has 0 aliphatic heterocycles. The van der Waals surface area contributed by atoms with E-state index in [9.17, 15) is 4.39 Å². The van der Waals surface area contributed by atoms with Gasteiger partial charge < -0.3 is 15.2 Å². The maximum atomic E-state index is 13.8. The molecule has 5 heteroatoms. The van der Waals surface area contributed by atoms with Gasteiger partial charge >= 0.3 is 0 Å². The van der Waals surface area contributed by atoms with Crippen LogP contribution in [0, 0.1) is 5.82 Å². The molecule has 2 N–H and O–H groups in total. The minimum atomic E-state index is -0.410. The van der Waals surface area contributed by atoms with E-state index in [4.69, 9.17) is 15.2 Å². The van der Waals surface area contributed by atoms with Gasteiger partial charge in [0.25, 0.3) is 0 Å². The zero-order chi connectivity index (χ0) is 15.2. The third-order valence-corrected chi connectivity index (χ3v) is 3.38. The van der Waals surface area contributed by atoms with Crippen molar-refractivity contribution in [1.82, 2.24) is 0 Å². The third-order valence-electron chi connectivity index (χ3n) is 2.89. The predicted molar refractivity (Wildman–Crippen MR) is 84.1 cm³/mol. The normalized spacial score (nSPS) is 12.0. The Kier molecular flexibility index (Phi) is 5.59. The van der Waals surface area contributed by atoms with Crippen molar-refractivity contribution in [2.45, 2.75) is 13.0 Å². The van der Waals surface area contributed by atoms with Crippen LogP contribution in [0.4, 0.5) is 4.39 Å². The van der Waals surface area contributed by atoms with E-state index in [2.05, 4.69) is 15.9 Å². The number of ether oxygens (including phenoxy) is 2. The second-order valence-electron chi connectivity index (χ2n) is 4.63. The monoisotopic (exact) mass is 353 g/mol. The molecule has 3 nitrogen and oxygen atoms in total. The van der Waals surface area contributed by atoms with Gasteiger partial charge in [0.15, 0.2) is 11.6 Å². The highest BCUT2D eigenvalue weighted by Crippen LogP contribution is 2.21. The van der Waals surface area contributed by atoms with Crippen LogP contribution in [0.3, 0.4) is 0 Å². The first-order valence-electron chi connectivity index (χ1n) is 6.62. The first-order chi connectivity index (χ1) is 10.1. The molecular formula is C16H17BrFNO2. The van der Waals surface area contributed by atoms with Gasteiger partial charge in [0.1, 0.15) is 19.0 Å². The smallest absolute Gasteiger partial charge is 0.165 e. The molecule has 0 unspecified atom stereocenters. The molecule has 0 amide bonds. The highest BCUT2D eigenvalue weighted by Gasteiger charge is 2.07. The van der Waals surface area contributed by atoms with Crippen molar-refractivity contribution in [2.75, 3.05) is 13.2 Å². The SMILES string of the molecule is C[C@@H](N)c1ccc(OCCOc2cccc(Br)c2)c(F)c1. The fraction of sp³-hybridized carbons (Fsp3) is 0.250. The standard InChI is InChI=1S/C16H17BrFNO2/c1-11(19)12-5-6-16(15(18)9-12)21-8-7-20-14-4-2-3-13(17)10-14/h2-6,9-11H,7-8,19H2,1H3/t11-/m1/s1. The van der Waals surface area contributed by atoms with Crippen LogP contribution in [0.2, 0.25) is 0 Å². The van der Waals surface area contributed by atoms with E-state index in [-0.39, 0.29) is 18.4 Å². The Labute approximate surface area is 132 Å². The second kappa shape index (κ2) is 7.43. The van der Waals surface area contributed by atoms with Crippen molar-refractivity contribution < 1.29 is 13.9 Å². The topological polar surface area (TPSA) is 44.5 Å². The lowest BCUT2D eigenvalue weighted by atomic mass is 10.1. The average molecular weight is 354 g/mol. The summed E-state index contributed by atoms with van der Waals surface area (Å²) in [6.45, 7) is 2.41. The summed E-state index contributed by atoms with van der Waals surface area (Å²) in [5, 5.41) is 0. The van der Waals surface area contributed by atoms with Gasteiger partial charge in [0.05, 0.1) is 0 Å². The van der Waals surface area contributed by atoms with Crippen LogP contribution in [0.1, 0.15) is 18.5 Å². The van der Waals surface area contributed by atoms with Gasteiger partial charge in [-0.2, -0.15) is 0 Å². The Hall–Kier alpha value is -1.59. The summed E-state index contributed by atoms with van der Waals surface area (Å²) >= 11 is 3.36. The molecule has 0 aromatic heterocycles. The van der Waals surface area contributed by atoms with E-state index >= 15 is 0 Å². The van der Waals surface area contributed by atoms with Crippen LogP contribution < -0.4 is 15.2 Å². The molecule has 2 aromatic rings. The number of hydrogen-bond donors (Lipinski definition) is 1. The van der Waals surface area contributed by atoms with Gasteiger partial charge in [-0.3, -0.25) is 0 Å². The molecule has 2 aromatic carbocycles. The highest BCUT2D eigenvalue weighted by atomic mass is 79.9. The molecule has 0 bridgehead atoms. The average Bonchev–Trinajstić information content (AvgIpc) is 2.45. The van der Waals surface area contributed by atoms with Crippen molar-refractivity contribution in [3.8, 4) is 11.5 Å². The van der Waals surface area contributed by atoms with Crippen LogP contribution in [0.5, 0.6) is 11.5 Å². The summed E-state index contributed by atoms with van der Waals surface area (Å²) in [7, 11) is 0. The Morgan fingerprint density at radius 3 is 2.57 bits per heavy atom. The maximum Gasteiger partial charge on any atom is 0.165 e. The van der Waals surface area contributed by atoms with Gasteiger partial charge in [-0.1, -0.05) is 28.1 Å². The number of nitrogens with two attached hydrogens (primary N) is 1. The molecule has 112 valence electrons. The molecular weight excluding hydrogens is 337 g/mol. The van der Waals surface area contributed by atoms with Crippen LogP contribution in [0.15, 0.2) is 46.9 Å². The first kappa shape index (κ1) is 15.8. The van der Waals surface area contributed by atoms with Crippen molar-refractivity contribution in [2.24, 2.45) is 5.73 Å². The van der Waals surface area contributed by atoms with Crippen molar-refractivity contribution in [3.63, 3.8) is 0 Å². The zero-order valence-corrected chi connectivity index (χ0v) is 13.3. The molecule has 0 saturated carbocycles. The van der Waals surface area contributed by atoms with Gasteiger partial charge in [-0.05, 0) is 42.8 Å². The summed E-state index contributed by atoms with van der Waals surface area (Å²) < 4.78 is 25.6. The van der Waals surface area contributed by atoms with Gasteiger partial charge in [-0.15, -0.1) is 0 Å². The fourth-order valence-corrected chi connectivity index (χ4v) is 2.16. The molecule has 1 atom stereocenters. The van der Waals surface area contributed by atoms with Gasteiger partial charge in [-0.25, -0.2) is 4.39 Å². The Morgan fingerprint density at radius 1 is 1.14 bits per heavy atom. The summed E-state index contributed by atoms with van der Waals surface area (Å²) in [4.78, 5) is 0. The Balaban J connectivity index is 1.83. The molecule has 0 heterocycles. The van der Waals surface area contributed by atoms with Crippen LogP contribution in [-0.2, 0) is 0 Å². The molecule has 21 heavy (non-hydrogen) atoms. The Morgan fingerprint density at radius 2 is 1.90 bits per heavy atom. The van der Waals surface area contributed by atoms with E-state index in [0.29, 0.717) is 6.61 Å². The molecule has 0 spiro atoms. The summed E-state index contributed by atoms with van der Waals surface area (Å²) in [5.41, 5.74) is 6.44. The van der Waals surface area contributed by atoms with E-state index < -0.39 is 5.82 Å². The van der Waals surface area contributed by atoms with E-state index in [1.165, 1.54) is 6.07 Å². The van der Waals surface area contributed by atoms with Crippen LogP contribution in [0.25, 0.3) is 0 Å². The molecule has 0 fully saturated rings. The van der Waals surface area contributed by atoms with Crippen molar-refractivity contribution in [1.29, 1.82) is 0 Å². The van der Waals surface area contributed by atoms with Crippen molar-refractivity contribution in [3.05, 3.63) is 58.3 Å². The van der Waals surface area contributed by atoms with Gasteiger partial charge in [0.2, 0.25) is 0 Å². The summed E-state index contributed by atoms with van der Waals surface area (Å²) in [5.74, 6) is 0.533. The lowest BCUT2D eigenvalue weighted by Gasteiger charge is -2.11. The summed E-state index contributed by atoms with van der Waals surface area (Å²) in [6.07, 6.45) is 0. The fourth-order valence-electron chi connectivity index (χ4n) is 1.79.